The van der Waals surface area contributed by atoms with Gasteiger partial charge in [-0.2, -0.15) is 0 Å². The first-order valence-corrected chi connectivity index (χ1v) is 12.5. The number of hydrogen-bond donors (Lipinski definition) is 1. The quantitative estimate of drug-likeness (QED) is 0.445. The van der Waals surface area contributed by atoms with Crippen LogP contribution in [-0.2, 0) is 10.2 Å². The number of carbonyl (C=O) groups excluding carboxylic acids is 1. The number of aromatic nitrogens is 1. The van der Waals surface area contributed by atoms with Gasteiger partial charge in [-0.05, 0) is 105 Å². The molecule has 1 amide bonds. The molecule has 172 valence electrons. The van der Waals surface area contributed by atoms with E-state index in [2.05, 4.69) is 17.2 Å². The number of benzene rings is 2. The van der Waals surface area contributed by atoms with Crippen molar-refractivity contribution in [1.29, 1.82) is 0 Å². The van der Waals surface area contributed by atoms with Gasteiger partial charge in [-0.3, -0.25) is 9.78 Å². The molecule has 0 spiro atoms. The molecule has 2 aliphatic carbocycles. The molecule has 1 atom stereocenters. The standard InChI is InChI=1S/C28H30ClFN2O/c1-18(32-27(33)28(14-2-15-28)21-7-9-22(29)10-8-21)19-3-5-20(6-4-19)24-13-16-31-26-12-11-23(30)17-25(24)26/h7-13,16-20H,2-6,14-15H2,1H3,(H,32,33)/t18-,19?,20?/m1/s1. The van der Waals surface area contributed by atoms with E-state index in [0.717, 1.165) is 61.4 Å². The zero-order valence-corrected chi connectivity index (χ0v) is 19.7. The van der Waals surface area contributed by atoms with Crippen LogP contribution >= 0.6 is 11.6 Å². The van der Waals surface area contributed by atoms with Gasteiger partial charge in [0, 0.05) is 22.6 Å². The van der Waals surface area contributed by atoms with Crippen molar-refractivity contribution in [2.75, 3.05) is 0 Å². The minimum Gasteiger partial charge on any atom is -0.353 e. The van der Waals surface area contributed by atoms with Gasteiger partial charge in [0.15, 0.2) is 0 Å². The Labute approximate surface area is 199 Å². The van der Waals surface area contributed by atoms with Gasteiger partial charge in [-0.25, -0.2) is 4.39 Å². The summed E-state index contributed by atoms with van der Waals surface area (Å²) in [5.41, 5.74) is 2.72. The molecule has 0 radical (unpaired) electrons. The van der Waals surface area contributed by atoms with Crippen LogP contribution in [0.15, 0.2) is 54.7 Å². The van der Waals surface area contributed by atoms with Gasteiger partial charge in [0.1, 0.15) is 5.82 Å². The summed E-state index contributed by atoms with van der Waals surface area (Å²) in [5.74, 6) is 0.801. The number of pyridine rings is 1. The summed E-state index contributed by atoms with van der Waals surface area (Å²) < 4.78 is 13.9. The van der Waals surface area contributed by atoms with E-state index in [1.807, 2.05) is 36.5 Å². The average Bonchev–Trinajstić information content (AvgIpc) is 2.79. The smallest absolute Gasteiger partial charge is 0.230 e. The van der Waals surface area contributed by atoms with Crippen LogP contribution in [0.2, 0.25) is 5.02 Å². The molecular formula is C28H30ClFN2O. The SMILES string of the molecule is C[C@@H](NC(=O)C1(c2ccc(Cl)cc2)CCC1)C1CCC(c2ccnc3ccc(F)cc23)CC1. The second-order valence-electron chi connectivity index (χ2n) is 9.88. The van der Waals surface area contributed by atoms with Crippen LogP contribution in [0.5, 0.6) is 0 Å². The fourth-order valence-corrected chi connectivity index (χ4v) is 5.96. The molecule has 1 N–H and O–H groups in total. The highest BCUT2D eigenvalue weighted by molar-refractivity contribution is 6.30. The maximum absolute atomic E-state index is 13.9. The molecule has 1 heterocycles. The van der Waals surface area contributed by atoms with Crippen molar-refractivity contribution in [1.82, 2.24) is 10.3 Å². The lowest BCUT2D eigenvalue weighted by atomic mass is 9.63. The zero-order valence-electron chi connectivity index (χ0n) is 19.0. The summed E-state index contributed by atoms with van der Waals surface area (Å²) in [7, 11) is 0. The van der Waals surface area contributed by atoms with Crippen molar-refractivity contribution in [3.05, 3.63) is 76.7 Å². The fourth-order valence-electron chi connectivity index (χ4n) is 5.83. The molecule has 0 unspecified atom stereocenters. The maximum Gasteiger partial charge on any atom is 0.230 e. The van der Waals surface area contributed by atoms with E-state index in [9.17, 15) is 9.18 Å². The second-order valence-corrected chi connectivity index (χ2v) is 10.3. The number of nitrogens with zero attached hydrogens (tertiary/aromatic N) is 1. The third-order valence-corrected chi connectivity index (χ3v) is 8.31. The Balaban J connectivity index is 1.24. The predicted octanol–water partition coefficient (Wildman–Crippen LogP) is 6.93. The number of nitrogens with one attached hydrogen (secondary N) is 1. The van der Waals surface area contributed by atoms with Gasteiger partial charge in [0.05, 0.1) is 10.9 Å². The topological polar surface area (TPSA) is 42.0 Å². The number of carbonyl (C=O) groups is 1. The third kappa shape index (κ3) is 4.26. The van der Waals surface area contributed by atoms with E-state index in [-0.39, 0.29) is 17.8 Å². The predicted molar refractivity (Wildman–Crippen MR) is 131 cm³/mol. The summed E-state index contributed by atoms with van der Waals surface area (Å²) in [6, 6.07) is 14.8. The first-order valence-electron chi connectivity index (χ1n) is 12.1. The number of rotatable bonds is 5. The van der Waals surface area contributed by atoms with Crippen molar-refractivity contribution in [2.24, 2.45) is 5.92 Å². The third-order valence-electron chi connectivity index (χ3n) is 8.05. The number of fused-ring (bicyclic) bond motifs is 1. The molecule has 0 aliphatic heterocycles. The molecule has 5 heteroatoms. The van der Waals surface area contributed by atoms with Crippen molar-refractivity contribution in [3.63, 3.8) is 0 Å². The molecule has 3 aromatic rings. The lowest BCUT2D eigenvalue weighted by Gasteiger charge is -2.42. The van der Waals surface area contributed by atoms with Crippen molar-refractivity contribution in [2.45, 2.75) is 69.2 Å². The van der Waals surface area contributed by atoms with Crippen LogP contribution in [0.3, 0.4) is 0 Å². The van der Waals surface area contributed by atoms with Crippen LogP contribution < -0.4 is 5.32 Å². The van der Waals surface area contributed by atoms with E-state index in [0.29, 0.717) is 16.9 Å². The highest BCUT2D eigenvalue weighted by Crippen LogP contribution is 2.45. The highest BCUT2D eigenvalue weighted by Gasteiger charge is 2.46. The zero-order chi connectivity index (χ0) is 23.0. The average molecular weight is 465 g/mol. The van der Waals surface area contributed by atoms with Gasteiger partial charge < -0.3 is 5.32 Å². The lowest BCUT2D eigenvalue weighted by Crippen LogP contribution is -2.53. The Hall–Kier alpha value is -2.46. The Morgan fingerprint density at radius 2 is 1.82 bits per heavy atom. The normalized spacial score (nSPS) is 23.0. The molecular weight excluding hydrogens is 435 g/mol. The Kier molecular flexibility index (Phi) is 6.13. The van der Waals surface area contributed by atoms with E-state index >= 15 is 0 Å². The summed E-state index contributed by atoms with van der Waals surface area (Å²) in [6.45, 7) is 2.15. The molecule has 3 nitrogen and oxygen atoms in total. The first-order chi connectivity index (χ1) is 16.0. The van der Waals surface area contributed by atoms with Gasteiger partial charge in [-0.15, -0.1) is 0 Å². The number of halogens is 2. The Morgan fingerprint density at radius 1 is 1.09 bits per heavy atom. The van der Waals surface area contributed by atoms with E-state index < -0.39 is 5.41 Å². The minimum absolute atomic E-state index is 0.134. The van der Waals surface area contributed by atoms with Crippen LogP contribution in [-0.4, -0.2) is 16.9 Å². The minimum atomic E-state index is -0.407. The first kappa shape index (κ1) is 22.3. The van der Waals surface area contributed by atoms with Gasteiger partial charge in [-0.1, -0.05) is 30.2 Å². The van der Waals surface area contributed by atoms with Crippen LogP contribution in [0.25, 0.3) is 10.9 Å². The summed E-state index contributed by atoms with van der Waals surface area (Å²) in [4.78, 5) is 17.8. The van der Waals surface area contributed by atoms with Crippen molar-refractivity contribution >= 4 is 28.4 Å². The van der Waals surface area contributed by atoms with Crippen LogP contribution in [0, 0.1) is 11.7 Å². The van der Waals surface area contributed by atoms with Gasteiger partial charge >= 0.3 is 0 Å². The largest absolute Gasteiger partial charge is 0.353 e. The fraction of sp³-hybridized carbons (Fsp3) is 0.429. The number of hydrogen-bond acceptors (Lipinski definition) is 2. The molecule has 0 bridgehead atoms. The monoisotopic (exact) mass is 464 g/mol. The molecule has 1 aromatic heterocycles. The summed E-state index contributed by atoms with van der Waals surface area (Å²) in [5, 5.41) is 4.99. The molecule has 2 saturated carbocycles. The lowest BCUT2D eigenvalue weighted by molar-refractivity contribution is -0.131. The highest BCUT2D eigenvalue weighted by atomic mass is 35.5. The van der Waals surface area contributed by atoms with Gasteiger partial charge in [0.2, 0.25) is 5.91 Å². The molecule has 33 heavy (non-hydrogen) atoms. The maximum atomic E-state index is 13.9. The molecule has 2 aromatic carbocycles. The summed E-state index contributed by atoms with van der Waals surface area (Å²) >= 11 is 6.06. The second kappa shape index (κ2) is 9.06. The summed E-state index contributed by atoms with van der Waals surface area (Å²) in [6.07, 6.45) is 8.90. The van der Waals surface area contributed by atoms with Crippen molar-refractivity contribution < 1.29 is 9.18 Å². The Bertz CT molecular complexity index is 1150. The number of amides is 1. The van der Waals surface area contributed by atoms with Crippen LogP contribution in [0.4, 0.5) is 4.39 Å². The van der Waals surface area contributed by atoms with Crippen LogP contribution in [0.1, 0.15) is 68.9 Å². The van der Waals surface area contributed by atoms with E-state index in [1.54, 1.807) is 12.1 Å². The molecule has 2 fully saturated rings. The molecule has 0 saturated heterocycles. The molecule has 5 rings (SSSR count). The van der Waals surface area contributed by atoms with Crippen molar-refractivity contribution in [3.8, 4) is 0 Å². The van der Waals surface area contributed by atoms with Gasteiger partial charge in [0.25, 0.3) is 0 Å². The van der Waals surface area contributed by atoms with E-state index in [4.69, 9.17) is 11.6 Å². The van der Waals surface area contributed by atoms with E-state index in [1.165, 1.54) is 11.6 Å². The Morgan fingerprint density at radius 3 is 2.48 bits per heavy atom. The molecule has 2 aliphatic rings.